The summed E-state index contributed by atoms with van der Waals surface area (Å²) in [7, 11) is 0. The summed E-state index contributed by atoms with van der Waals surface area (Å²) in [5.41, 5.74) is -3.33. The van der Waals surface area contributed by atoms with E-state index in [0.29, 0.717) is 11.1 Å². The smallest absolute Gasteiger partial charge is 0.349 e. The molecule has 0 aromatic heterocycles. The fourth-order valence-corrected chi connectivity index (χ4v) is 3.93. The number of rotatable bonds is 6. The van der Waals surface area contributed by atoms with Crippen LogP contribution in [0.15, 0.2) is 48.5 Å². The molecule has 0 aliphatic heterocycles. The average Bonchev–Trinajstić information content (AvgIpc) is 2.97. The van der Waals surface area contributed by atoms with E-state index in [0.717, 1.165) is 0 Å². The fourth-order valence-electron chi connectivity index (χ4n) is 3.93. The van der Waals surface area contributed by atoms with Gasteiger partial charge in [-0.25, -0.2) is 53.5 Å². The molecule has 0 radical (unpaired) electrons. The molecule has 14 heteroatoms. The minimum absolute atomic E-state index is 0.302. The van der Waals surface area contributed by atoms with Gasteiger partial charge in [0.05, 0.1) is 0 Å². The van der Waals surface area contributed by atoms with Gasteiger partial charge in [-0.05, 0) is 35.4 Å². The van der Waals surface area contributed by atoms with Crippen molar-refractivity contribution in [1.82, 2.24) is 0 Å². The Labute approximate surface area is 235 Å². The third kappa shape index (κ3) is 5.51. The molecule has 0 amide bonds. The van der Waals surface area contributed by atoms with Crippen molar-refractivity contribution in [2.24, 2.45) is 0 Å². The molecule has 4 nitrogen and oxygen atoms in total. The van der Waals surface area contributed by atoms with E-state index in [4.69, 9.17) is 9.47 Å². The predicted molar refractivity (Wildman–Crippen MR) is 127 cm³/mol. The molecule has 0 saturated heterocycles. The lowest BCUT2D eigenvalue weighted by atomic mass is 9.78. The Morgan fingerprint density at radius 2 is 0.674 bits per heavy atom. The first-order chi connectivity index (χ1) is 20.1. The molecule has 0 fully saturated rings. The van der Waals surface area contributed by atoms with Gasteiger partial charge in [-0.3, -0.25) is 0 Å². The number of carbonyl (C=O) groups excluding carboxylic acids is 2. The lowest BCUT2D eigenvalue weighted by Crippen LogP contribution is -2.20. The van der Waals surface area contributed by atoms with E-state index in [2.05, 4.69) is 0 Å². The Hall–Kier alpha value is -4.88. The van der Waals surface area contributed by atoms with Crippen molar-refractivity contribution in [3.8, 4) is 11.5 Å². The Balaban J connectivity index is 1.51. The van der Waals surface area contributed by atoms with Crippen LogP contribution in [-0.4, -0.2) is 11.9 Å². The summed E-state index contributed by atoms with van der Waals surface area (Å²) in [6.45, 7) is 3.41. The Kier molecular flexibility index (Phi) is 8.25. The molecule has 224 valence electrons. The van der Waals surface area contributed by atoms with E-state index in [9.17, 15) is 53.5 Å². The molecule has 0 spiro atoms. The van der Waals surface area contributed by atoms with Crippen LogP contribution < -0.4 is 9.47 Å². The second kappa shape index (κ2) is 11.4. The first kappa shape index (κ1) is 31.1. The van der Waals surface area contributed by atoms with Crippen LogP contribution in [0.4, 0.5) is 43.9 Å². The highest BCUT2D eigenvalue weighted by Crippen LogP contribution is 2.34. The van der Waals surface area contributed by atoms with Gasteiger partial charge in [0.1, 0.15) is 22.6 Å². The summed E-state index contributed by atoms with van der Waals surface area (Å²) in [6.07, 6.45) is 0. The van der Waals surface area contributed by atoms with Crippen LogP contribution in [0.3, 0.4) is 0 Å². The van der Waals surface area contributed by atoms with Crippen LogP contribution in [0.2, 0.25) is 0 Å². The maximum Gasteiger partial charge on any atom is 0.349 e. The van der Waals surface area contributed by atoms with Crippen LogP contribution >= 0.6 is 0 Å². The number of hydrogen-bond donors (Lipinski definition) is 0. The van der Waals surface area contributed by atoms with E-state index in [-0.39, 0.29) is 11.5 Å². The molecular formula is C29H14F10O4. The van der Waals surface area contributed by atoms with Gasteiger partial charge in [0.25, 0.3) is 0 Å². The van der Waals surface area contributed by atoms with Gasteiger partial charge in [0, 0.05) is 5.41 Å². The SMILES string of the molecule is CC(C)(c1ccc(OC(=O)c2c(F)c(F)c(F)c(F)c2F)cc1)c1ccc(OC(=O)c2c(F)c(F)c(F)c(F)c2F)cc1. The summed E-state index contributed by atoms with van der Waals surface area (Å²) in [5.74, 6) is -27.9. The van der Waals surface area contributed by atoms with Crippen molar-refractivity contribution in [1.29, 1.82) is 0 Å². The molecule has 0 aliphatic carbocycles. The summed E-state index contributed by atoms with van der Waals surface area (Å²) in [4.78, 5) is 24.3. The number of benzene rings is 4. The second-order valence-electron chi connectivity index (χ2n) is 9.34. The molecule has 0 saturated carbocycles. The summed E-state index contributed by atoms with van der Waals surface area (Å²) < 4.78 is 145. The zero-order valence-corrected chi connectivity index (χ0v) is 21.5. The van der Waals surface area contributed by atoms with Crippen LogP contribution in [0.25, 0.3) is 0 Å². The van der Waals surface area contributed by atoms with Crippen molar-refractivity contribution in [2.75, 3.05) is 0 Å². The lowest BCUT2D eigenvalue weighted by molar-refractivity contribution is 0.0710. The van der Waals surface area contributed by atoms with E-state index in [1.807, 2.05) is 0 Å². The topological polar surface area (TPSA) is 52.6 Å². The maximum absolute atomic E-state index is 13.9. The zero-order chi connectivity index (χ0) is 32.0. The summed E-state index contributed by atoms with van der Waals surface area (Å²) >= 11 is 0. The number of esters is 2. The number of halogens is 10. The Morgan fingerprint density at radius 3 is 0.930 bits per heavy atom. The molecule has 0 aliphatic rings. The molecule has 4 aromatic carbocycles. The predicted octanol–water partition coefficient (Wildman–Crippen LogP) is 7.84. The maximum atomic E-state index is 13.9. The Morgan fingerprint density at radius 1 is 0.442 bits per heavy atom. The van der Waals surface area contributed by atoms with Gasteiger partial charge < -0.3 is 9.47 Å². The molecule has 0 unspecified atom stereocenters. The van der Waals surface area contributed by atoms with Crippen molar-refractivity contribution in [3.05, 3.63) is 129 Å². The number of hydrogen-bond acceptors (Lipinski definition) is 4. The van der Waals surface area contributed by atoms with Crippen molar-refractivity contribution >= 4 is 11.9 Å². The third-order valence-corrected chi connectivity index (χ3v) is 6.40. The molecule has 0 atom stereocenters. The highest BCUT2D eigenvalue weighted by Gasteiger charge is 2.32. The third-order valence-electron chi connectivity index (χ3n) is 6.40. The minimum Gasteiger partial charge on any atom is -0.423 e. The highest BCUT2D eigenvalue weighted by atomic mass is 19.2. The molecule has 0 N–H and O–H groups in total. The van der Waals surface area contributed by atoms with E-state index in [1.54, 1.807) is 13.8 Å². The van der Waals surface area contributed by atoms with Gasteiger partial charge in [-0.1, -0.05) is 38.1 Å². The van der Waals surface area contributed by atoms with Crippen LogP contribution in [0, 0.1) is 58.2 Å². The molecule has 43 heavy (non-hydrogen) atoms. The zero-order valence-electron chi connectivity index (χ0n) is 21.5. The molecular weight excluding hydrogens is 602 g/mol. The average molecular weight is 616 g/mol. The normalized spacial score (nSPS) is 11.4. The summed E-state index contributed by atoms with van der Waals surface area (Å²) in [6, 6.07) is 10.4. The lowest BCUT2D eigenvalue weighted by Gasteiger charge is -2.26. The van der Waals surface area contributed by atoms with E-state index >= 15 is 0 Å². The first-order valence-electron chi connectivity index (χ1n) is 11.8. The van der Waals surface area contributed by atoms with Crippen molar-refractivity contribution in [2.45, 2.75) is 19.3 Å². The van der Waals surface area contributed by atoms with Gasteiger partial charge in [0.15, 0.2) is 46.5 Å². The van der Waals surface area contributed by atoms with Gasteiger partial charge in [-0.2, -0.15) is 0 Å². The van der Waals surface area contributed by atoms with Gasteiger partial charge in [-0.15, -0.1) is 0 Å². The molecule has 0 bridgehead atoms. The van der Waals surface area contributed by atoms with Crippen LogP contribution in [0.1, 0.15) is 45.7 Å². The van der Waals surface area contributed by atoms with E-state index < -0.39 is 86.7 Å². The first-order valence-corrected chi connectivity index (χ1v) is 11.8. The molecule has 4 rings (SSSR count). The van der Waals surface area contributed by atoms with E-state index in [1.165, 1.54) is 48.5 Å². The van der Waals surface area contributed by atoms with Crippen molar-refractivity contribution < 1.29 is 63.0 Å². The van der Waals surface area contributed by atoms with Gasteiger partial charge >= 0.3 is 11.9 Å². The minimum atomic E-state index is -2.44. The second-order valence-corrected chi connectivity index (χ2v) is 9.34. The van der Waals surface area contributed by atoms with Gasteiger partial charge in [0.2, 0.25) is 11.6 Å². The van der Waals surface area contributed by atoms with Crippen molar-refractivity contribution in [3.63, 3.8) is 0 Å². The monoisotopic (exact) mass is 616 g/mol. The highest BCUT2D eigenvalue weighted by molar-refractivity contribution is 5.92. The van der Waals surface area contributed by atoms with Crippen LogP contribution in [-0.2, 0) is 5.41 Å². The number of ether oxygens (including phenoxy) is 2. The standard InChI is InChI=1S/C29H14F10O4/c1-29(2,11-3-7-13(8-4-11)42-27(40)15-17(30)21(34)25(38)22(35)18(15)31)12-5-9-14(10-6-12)43-28(41)16-19(32)23(36)26(39)24(37)20(16)33/h3-10H,1-2H3. The quantitative estimate of drug-likeness (QED) is 0.0729. The molecule has 4 aromatic rings. The number of carbonyl (C=O) groups is 2. The molecule has 0 heterocycles. The van der Waals surface area contributed by atoms with Crippen LogP contribution in [0.5, 0.6) is 11.5 Å². The summed E-state index contributed by atoms with van der Waals surface area (Å²) in [5, 5.41) is 0. The fraction of sp³-hybridized carbons (Fsp3) is 0.103. The largest absolute Gasteiger partial charge is 0.423 e. The Bertz CT molecular complexity index is 1580.